The number of aromatic nitrogens is 2. The third-order valence-electron chi connectivity index (χ3n) is 2.40. The van der Waals surface area contributed by atoms with E-state index < -0.39 is 9.84 Å². The van der Waals surface area contributed by atoms with Gasteiger partial charge in [0.05, 0.1) is 10.5 Å². The molecule has 2 aromatic heterocycles. The van der Waals surface area contributed by atoms with E-state index in [4.69, 9.17) is 0 Å². The number of rotatable bonds is 4. The summed E-state index contributed by atoms with van der Waals surface area (Å²) in [6, 6.07) is 1.92. The van der Waals surface area contributed by atoms with Crippen molar-refractivity contribution in [3.8, 4) is 0 Å². The van der Waals surface area contributed by atoms with Crippen LogP contribution in [0, 0.1) is 6.92 Å². The summed E-state index contributed by atoms with van der Waals surface area (Å²) in [7, 11) is -3.23. The van der Waals surface area contributed by atoms with Crippen molar-refractivity contribution in [2.45, 2.75) is 31.0 Å². The maximum absolute atomic E-state index is 12.0. The molecule has 0 aliphatic carbocycles. The van der Waals surface area contributed by atoms with Gasteiger partial charge in [0.25, 0.3) is 0 Å². The highest BCUT2D eigenvalue weighted by atomic mass is 32.2. The topological polar surface area (TPSA) is 59.9 Å². The van der Waals surface area contributed by atoms with E-state index in [2.05, 4.69) is 9.97 Å². The van der Waals surface area contributed by atoms with Gasteiger partial charge in [0, 0.05) is 6.20 Å². The predicted octanol–water partition coefficient (Wildman–Crippen LogP) is 2.57. The Bertz CT molecular complexity index is 632. The van der Waals surface area contributed by atoms with Crippen LogP contribution in [-0.4, -0.2) is 24.1 Å². The second-order valence-corrected chi connectivity index (χ2v) is 7.30. The predicted molar refractivity (Wildman–Crippen MR) is 69.1 cm³/mol. The zero-order chi connectivity index (χ0) is 12.5. The summed E-state index contributed by atoms with van der Waals surface area (Å²) in [5, 5.41) is 0. The minimum Gasteiger partial charge on any atom is -0.236 e. The molecule has 0 aliphatic heterocycles. The number of pyridine rings is 1. The summed E-state index contributed by atoms with van der Waals surface area (Å²) in [4.78, 5) is 8.23. The number of aryl methyl sites for hydroxylation is 1. The van der Waals surface area contributed by atoms with Crippen LogP contribution in [0.5, 0.6) is 0 Å². The van der Waals surface area contributed by atoms with Gasteiger partial charge in [-0.2, -0.15) is 0 Å². The van der Waals surface area contributed by atoms with Gasteiger partial charge in [-0.3, -0.25) is 0 Å². The fourth-order valence-electron chi connectivity index (χ4n) is 1.45. The molecule has 92 valence electrons. The SMILES string of the molecule is CCCCS(=O)(=O)c1nc2ncc(C)cc2s1. The monoisotopic (exact) mass is 270 g/mol. The van der Waals surface area contributed by atoms with Crippen molar-refractivity contribution in [1.29, 1.82) is 0 Å². The molecule has 0 saturated carbocycles. The molecule has 4 nitrogen and oxygen atoms in total. The maximum Gasteiger partial charge on any atom is 0.211 e. The first-order valence-corrected chi connectivity index (χ1v) is 7.96. The summed E-state index contributed by atoms with van der Waals surface area (Å²) in [5.41, 5.74) is 1.54. The van der Waals surface area contributed by atoms with Crippen LogP contribution in [0.15, 0.2) is 16.6 Å². The van der Waals surface area contributed by atoms with E-state index in [-0.39, 0.29) is 10.1 Å². The van der Waals surface area contributed by atoms with Crippen LogP contribution in [0.1, 0.15) is 25.3 Å². The van der Waals surface area contributed by atoms with E-state index in [9.17, 15) is 8.42 Å². The second kappa shape index (κ2) is 4.70. The number of hydrogen-bond donors (Lipinski definition) is 0. The second-order valence-electron chi connectivity index (χ2n) is 3.99. The van der Waals surface area contributed by atoms with Crippen molar-refractivity contribution in [2.75, 3.05) is 5.75 Å². The molecule has 0 fully saturated rings. The van der Waals surface area contributed by atoms with Crippen molar-refractivity contribution >= 4 is 31.5 Å². The van der Waals surface area contributed by atoms with Crippen LogP contribution in [0.25, 0.3) is 10.3 Å². The molecule has 0 amide bonds. The molecule has 2 aromatic rings. The molecule has 0 N–H and O–H groups in total. The van der Waals surface area contributed by atoms with E-state index in [1.54, 1.807) is 6.20 Å². The Labute approximate surface area is 105 Å². The van der Waals surface area contributed by atoms with Gasteiger partial charge in [-0.25, -0.2) is 18.4 Å². The van der Waals surface area contributed by atoms with E-state index in [1.165, 1.54) is 11.3 Å². The van der Waals surface area contributed by atoms with E-state index in [1.807, 2.05) is 19.9 Å². The highest BCUT2D eigenvalue weighted by Gasteiger charge is 2.19. The minimum absolute atomic E-state index is 0.169. The van der Waals surface area contributed by atoms with Crippen molar-refractivity contribution in [3.63, 3.8) is 0 Å². The summed E-state index contributed by atoms with van der Waals surface area (Å²) in [6.07, 6.45) is 3.23. The quantitative estimate of drug-likeness (QED) is 0.856. The van der Waals surface area contributed by atoms with Crippen LogP contribution in [0.3, 0.4) is 0 Å². The standard InChI is InChI=1S/C11H14N2O2S2/c1-3-4-5-17(14,15)11-13-10-9(16-11)6-8(2)7-12-10/h6-7H,3-5H2,1-2H3. The molecule has 0 aliphatic rings. The van der Waals surface area contributed by atoms with Gasteiger partial charge >= 0.3 is 0 Å². The van der Waals surface area contributed by atoms with E-state index in [0.29, 0.717) is 12.1 Å². The molecule has 0 atom stereocenters. The van der Waals surface area contributed by atoms with Crippen molar-refractivity contribution in [1.82, 2.24) is 9.97 Å². The summed E-state index contributed by atoms with van der Waals surface area (Å²) >= 11 is 1.21. The Morgan fingerprint density at radius 3 is 2.88 bits per heavy atom. The number of nitrogens with zero attached hydrogens (tertiary/aromatic N) is 2. The van der Waals surface area contributed by atoms with Gasteiger partial charge in [-0.15, -0.1) is 11.3 Å². The van der Waals surface area contributed by atoms with Gasteiger partial charge in [0.15, 0.2) is 5.65 Å². The lowest BCUT2D eigenvalue weighted by molar-refractivity contribution is 0.592. The highest BCUT2D eigenvalue weighted by Crippen LogP contribution is 2.25. The number of sulfone groups is 1. The number of fused-ring (bicyclic) bond motifs is 1. The number of thiazole rings is 1. The van der Waals surface area contributed by atoms with Crippen molar-refractivity contribution in [2.24, 2.45) is 0 Å². The molecule has 0 radical (unpaired) electrons. The number of hydrogen-bond acceptors (Lipinski definition) is 5. The first-order valence-electron chi connectivity index (χ1n) is 5.49. The van der Waals surface area contributed by atoms with Gasteiger partial charge < -0.3 is 0 Å². The molecule has 0 aromatic carbocycles. The fraction of sp³-hybridized carbons (Fsp3) is 0.455. The zero-order valence-corrected chi connectivity index (χ0v) is 11.4. The lowest BCUT2D eigenvalue weighted by Crippen LogP contribution is -2.05. The van der Waals surface area contributed by atoms with Gasteiger partial charge in [-0.1, -0.05) is 13.3 Å². The van der Waals surface area contributed by atoms with Gasteiger partial charge in [0.2, 0.25) is 14.2 Å². The van der Waals surface area contributed by atoms with Crippen LogP contribution >= 0.6 is 11.3 Å². The molecule has 6 heteroatoms. The Kier molecular flexibility index (Phi) is 3.44. The van der Waals surface area contributed by atoms with Crippen LogP contribution in [0.2, 0.25) is 0 Å². The normalized spacial score (nSPS) is 12.1. The Morgan fingerprint density at radius 2 is 2.18 bits per heavy atom. The highest BCUT2D eigenvalue weighted by molar-refractivity contribution is 7.93. The Balaban J connectivity index is 2.43. The lowest BCUT2D eigenvalue weighted by atomic mass is 10.3. The summed E-state index contributed by atoms with van der Waals surface area (Å²) < 4.78 is 25.0. The lowest BCUT2D eigenvalue weighted by Gasteiger charge is -1.97. The fourth-order valence-corrected chi connectivity index (χ4v) is 4.30. The largest absolute Gasteiger partial charge is 0.236 e. The summed E-state index contributed by atoms with van der Waals surface area (Å²) in [5.74, 6) is 0.169. The Hall–Kier alpha value is -1.01. The zero-order valence-electron chi connectivity index (χ0n) is 9.80. The van der Waals surface area contributed by atoms with Crippen LogP contribution in [0.4, 0.5) is 0 Å². The maximum atomic E-state index is 12.0. The first-order chi connectivity index (χ1) is 8.03. The molecule has 0 bridgehead atoms. The summed E-state index contributed by atoms with van der Waals surface area (Å²) in [6.45, 7) is 3.90. The first kappa shape index (κ1) is 12.4. The molecule has 2 heterocycles. The molecule has 2 rings (SSSR count). The number of unbranched alkanes of at least 4 members (excludes halogenated alkanes) is 1. The third kappa shape index (κ3) is 2.63. The van der Waals surface area contributed by atoms with Crippen LogP contribution < -0.4 is 0 Å². The average molecular weight is 270 g/mol. The van der Waals surface area contributed by atoms with E-state index >= 15 is 0 Å². The van der Waals surface area contributed by atoms with Gasteiger partial charge in [0.1, 0.15) is 0 Å². The molecular formula is C11H14N2O2S2. The third-order valence-corrected chi connectivity index (χ3v) is 5.64. The van der Waals surface area contributed by atoms with Crippen molar-refractivity contribution < 1.29 is 8.42 Å². The molecule has 0 unspecified atom stereocenters. The van der Waals surface area contributed by atoms with E-state index in [0.717, 1.165) is 16.7 Å². The Morgan fingerprint density at radius 1 is 1.41 bits per heavy atom. The molecule has 17 heavy (non-hydrogen) atoms. The molecular weight excluding hydrogens is 256 g/mol. The molecule has 0 saturated heterocycles. The van der Waals surface area contributed by atoms with Crippen LogP contribution in [-0.2, 0) is 9.84 Å². The van der Waals surface area contributed by atoms with Crippen molar-refractivity contribution in [3.05, 3.63) is 17.8 Å². The smallest absolute Gasteiger partial charge is 0.211 e. The minimum atomic E-state index is -3.23. The average Bonchev–Trinajstić information content (AvgIpc) is 2.70. The molecule has 0 spiro atoms. The van der Waals surface area contributed by atoms with Gasteiger partial charge in [-0.05, 0) is 25.0 Å².